The third-order valence-corrected chi connectivity index (χ3v) is 7.73. The molecule has 0 atom stereocenters. The molecule has 0 fully saturated rings. The third kappa shape index (κ3) is 5.06. The molecule has 182 valence electrons. The van der Waals surface area contributed by atoms with Crippen molar-refractivity contribution in [3.05, 3.63) is 113 Å². The molecule has 37 heavy (non-hydrogen) atoms. The van der Waals surface area contributed by atoms with Crippen LogP contribution in [0.5, 0.6) is 0 Å². The summed E-state index contributed by atoms with van der Waals surface area (Å²) in [6, 6.07) is 26.1. The van der Waals surface area contributed by atoms with Crippen molar-refractivity contribution in [2.24, 2.45) is 0 Å². The molecule has 0 unspecified atom stereocenters. The molecule has 5 aromatic rings. The van der Waals surface area contributed by atoms with Crippen molar-refractivity contribution in [3.63, 3.8) is 0 Å². The Morgan fingerprint density at radius 3 is 2.73 bits per heavy atom. The minimum absolute atomic E-state index is 0.0772. The van der Waals surface area contributed by atoms with Gasteiger partial charge in [0.2, 0.25) is 0 Å². The monoisotopic (exact) mass is 502 g/mol. The summed E-state index contributed by atoms with van der Waals surface area (Å²) in [5.41, 5.74) is 6.94. The van der Waals surface area contributed by atoms with Crippen LogP contribution in [0.4, 0.5) is 5.69 Å². The van der Waals surface area contributed by atoms with Crippen molar-refractivity contribution in [1.82, 2.24) is 15.2 Å². The quantitative estimate of drug-likeness (QED) is 0.254. The standard InChI is InChI=1S/C31H26N4OS/c36-31(33-27-13-7-9-21-8-1-2-11-24(21)27)26-12-3-4-14-30(26)37-23-16-17-25-28(34-35-29(25)20-23)18-15-22-10-5-6-19-32-22/h3-7,9-10,12-20H,1-2,8,11H2,(H,33,36)(H,34,35)/b18-15+. The molecule has 2 heterocycles. The number of aromatic amines is 1. The van der Waals surface area contributed by atoms with Crippen molar-refractivity contribution < 1.29 is 4.79 Å². The lowest BCUT2D eigenvalue weighted by Crippen LogP contribution is -2.16. The van der Waals surface area contributed by atoms with Crippen LogP contribution in [0.25, 0.3) is 23.1 Å². The fraction of sp³-hybridized carbons (Fsp3) is 0.129. The van der Waals surface area contributed by atoms with Gasteiger partial charge in [0.15, 0.2) is 0 Å². The Morgan fingerprint density at radius 1 is 0.919 bits per heavy atom. The van der Waals surface area contributed by atoms with Crippen molar-refractivity contribution in [2.75, 3.05) is 5.32 Å². The summed E-state index contributed by atoms with van der Waals surface area (Å²) in [7, 11) is 0. The van der Waals surface area contributed by atoms with E-state index in [1.54, 1.807) is 18.0 Å². The number of rotatable bonds is 6. The lowest BCUT2D eigenvalue weighted by Gasteiger charge is -2.20. The SMILES string of the molecule is O=C(Nc1cccc2c1CCCC2)c1ccccc1Sc1ccc2c(/C=C/c3ccccn3)n[nH]c2c1. The largest absolute Gasteiger partial charge is 0.322 e. The van der Waals surface area contributed by atoms with E-state index in [4.69, 9.17) is 0 Å². The molecule has 0 bridgehead atoms. The molecule has 2 aromatic heterocycles. The number of carbonyl (C=O) groups is 1. The van der Waals surface area contributed by atoms with E-state index in [1.807, 2.05) is 66.7 Å². The molecule has 5 nitrogen and oxygen atoms in total. The number of H-pyrrole nitrogens is 1. The molecule has 0 spiro atoms. The number of fused-ring (bicyclic) bond motifs is 2. The van der Waals surface area contributed by atoms with E-state index >= 15 is 0 Å². The van der Waals surface area contributed by atoms with Crippen LogP contribution in [0.1, 0.15) is 45.7 Å². The number of aryl methyl sites for hydroxylation is 1. The highest BCUT2D eigenvalue weighted by atomic mass is 32.2. The van der Waals surface area contributed by atoms with Gasteiger partial charge < -0.3 is 5.32 Å². The molecular weight excluding hydrogens is 476 g/mol. The third-order valence-electron chi connectivity index (χ3n) is 6.67. The molecule has 1 aliphatic carbocycles. The number of carbonyl (C=O) groups excluding carboxylic acids is 1. The average Bonchev–Trinajstić information content (AvgIpc) is 3.35. The van der Waals surface area contributed by atoms with Gasteiger partial charge in [0.25, 0.3) is 5.91 Å². The van der Waals surface area contributed by atoms with E-state index < -0.39 is 0 Å². The number of nitrogens with zero attached hydrogens (tertiary/aromatic N) is 2. The number of anilines is 1. The summed E-state index contributed by atoms with van der Waals surface area (Å²) in [6.45, 7) is 0. The zero-order chi connectivity index (χ0) is 25.0. The number of pyridine rings is 1. The Kier molecular flexibility index (Phi) is 6.57. The topological polar surface area (TPSA) is 70.7 Å². The Bertz CT molecular complexity index is 1610. The Labute approximate surface area is 220 Å². The molecule has 1 aliphatic rings. The highest BCUT2D eigenvalue weighted by molar-refractivity contribution is 7.99. The molecule has 0 aliphatic heterocycles. The van der Waals surface area contributed by atoms with Crippen LogP contribution in [0.15, 0.2) is 94.9 Å². The van der Waals surface area contributed by atoms with E-state index in [2.05, 4.69) is 44.8 Å². The lowest BCUT2D eigenvalue weighted by molar-refractivity contribution is 0.102. The van der Waals surface area contributed by atoms with Crippen LogP contribution in [0.3, 0.4) is 0 Å². The molecule has 1 amide bonds. The molecule has 3 aromatic carbocycles. The van der Waals surface area contributed by atoms with E-state index in [9.17, 15) is 4.79 Å². The second-order valence-electron chi connectivity index (χ2n) is 9.11. The Hall–Kier alpha value is -4.16. The normalized spacial score (nSPS) is 13.1. The first-order valence-corrected chi connectivity index (χ1v) is 13.3. The number of hydrogen-bond donors (Lipinski definition) is 2. The number of aromatic nitrogens is 3. The Morgan fingerprint density at radius 2 is 1.81 bits per heavy atom. The van der Waals surface area contributed by atoms with Gasteiger partial charge in [-0.05, 0) is 97.5 Å². The second kappa shape index (κ2) is 10.4. The first-order valence-electron chi connectivity index (χ1n) is 12.5. The van der Waals surface area contributed by atoms with Crippen molar-refractivity contribution in [2.45, 2.75) is 35.5 Å². The molecule has 6 heteroatoms. The summed E-state index contributed by atoms with van der Waals surface area (Å²) in [4.78, 5) is 19.6. The maximum atomic E-state index is 13.4. The lowest BCUT2D eigenvalue weighted by atomic mass is 9.90. The summed E-state index contributed by atoms with van der Waals surface area (Å²) < 4.78 is 0. The Balaban J connectivity index is 1.22. The predicted octanol–water partition coefficient (Wildman–Crippen LogP) is 7.41. The van der Waals surface area contributed by atoms with E-state index in [0.29, 0.717) is 5.56 Å². The van der Waals surface area contributed by atoms with Crippen molar-refractivity contribution in [1.29, 1.82) is 0 Å². The number of benzene rings is 3. The average molecular weight is 503 g/mol. The van der Waals surface area contributed by atoms with Crippen LogP contribution in [-0.4, -0.2) is 21.1 Å². The van der Waals surface area contributed by atoms with Gasteiger partial charge in [0.05, 0.1) is 22.5 Å². The van der Waals surface area contributed by atoms with Crippen molar-refractivity contribution in [3.8, 4) is 0 Å². The van der Waals surface area contributed by atoms with Gasteiger partial charge in [0, 0.05) is 27.1 Å². The maximum Gasteiger partial charge on any atom is 0.256 e. The number of amides is 1. The first-order chi connectivity index (χ1) is 18.2. The summed E-state index contributed by atoms with van der Waals surface area (Å²) in [6.07, 6.45) is 10.2. The molecule has 6 rings (SSSR count). The highest BCUT2D eigenvalue weighted by Crippen LogP contribution is 2.34. The fourth-order valence-corrected chi connectivity index (χ4v) is 5.79. The van der Waals surface area contributed by atoms with Crippen LogP contribution in [-0.2, 0) is 12.8 Å². The van der Waals surface area contributed by atoms with Crippen LogP contribution in [0.2, 0.25) is 0 Å². The summed E-state index contributed by atoms with van der Waals surface area (Å²) >= 11 is 1.58. The van der Waals surface area contributed by atoms with Gasteiger partial charge in [-0.25, -0.2) is 0 Å². The smallest absolute Gasteiger partial charge is 0.256 e. The maximum absolute atomic E-state index is 13.4. The minimum atomic E-state index is -0.0772. The zero-order valence-electron chi connectivity index (χ0n) is 20.3. The molecule has 0 saturated heterocycles. The van der Waals surface area contributed by atoms with Gasteiger partial charge in [-0.15, -0.1) is 0 Å². The van der Waals surface area contributed by atoms with Gasteiger partial charge in [-0.1, -0.05) is 42.1 Å². The van der Waals surface area contributed by atoms with E-state index in [-0.39, 0.29) is 5.91 Å². The predicted molar refractivity (Wildman–Crippen MR) is 151 cm³/mol. The van der Waals surface area contributed by atoms with E-state index in [1.165, 1.54) is 24.0 Å². The van der Waals surface area contributed by atoms with Gasteiger partial charge in [-0.3, -0.25) is 14.9 Å². The number of nitrogens with one attached hydrogen (secondary N) is 2. The minimum Gasteiger partial charge on any atom is -0.322 e. The number of hydrogen-bond acceptors (Lipinski definition) is 4. The zero-order valence-corrected chi connectivity index (χ0v) is 21.1. The van der Waals surface area contributed by atoms with Crippen LogP contribution in [0, 0.1) is 0 Å². The van der Waals surface area contributed by atoms with Gasteiger partial charge >= 0.3 is 0 Å². The molecule has 0 radical (unpaired) electrons. The first kappa shape index (κ1) is 23.3. The highest BCUT2D eigenvalue weighted by Gasteiger charge is 2.17. The molecular formula is C31H26N4OS. The fourth-order valence-electron chi connectivity index (χ4n) is 4.81. The van der Waals surface area contributed by atoms with Gasteiger partial charge in [-0.2, -0.15) is 5.10 Å². The van der Waals surface area contributed by atoms with Crippen LogP contribution >= 0.6 is 11.8 Å². The van der Waals surface area contributed by atoms with E-state index in [0.717, 1.165) is 50.6 Å². The van der Waals surface area contributed by atoms with Crippen LogP contribution < -0.4 is 5.32 Å². The summed E-state index contributed by atoms with van der Waals surface area (Å²) in [5, 5.41) is 11.8. The summed E-state index contributed by atoms with van der Waals surface area (Å²) in [5.74, 6) is -0.0772. The molecule has 0 saturated carbocycles. The van der Waals surface area contributed by atoms with Crippen molar-refractivity contribution >= 4 is 46.4 Å². The molecule has 2 N–H and O–H groups in total. The second-order valence-corrected chi connectivity index (χ2v) is 10.2. The van der Waals surface area contributed by atoms with Gasteiger partial charge in [0.1, 0.15) is 0 Å².